The summed E-state index contributed by atoms with van der Waals surface area (Å²) < 4.78 is 5.41. The van der Waals surface area contributed by atoms with Crippen LogP contribution in [0, 0.1) is 0 Å². The average Bonchev–Trinajstić information content (AvgIpc) is 2.92. The van der Waals surface area contributed by atoms with E-state index in [0.29, 0.717) is 6.10 Å². The van der Waals surface area contributed by atoms with Gasteiger partial charge in [0.25, 0.3) is 0 Å². The maximum absolute atomic E-state index is 9.55. The van der Waals surface area contributed by atoms with Crippen LogP contribution in [0.2, 0.25) is 0 Å². The van der Waals surface area contributed by atoms with Crippen molar-refractivity contribution in [2.24, 2.45) is 0 Å². The van der Waals surface area contributed by atoms with Crippen molar-refractivity contribution in [1.82, 2.24) is 0 Å². The van der Waals surface area contributed by atoms with Crippen LogP contribution in [-0.4, -0.2) is 23.4 Å². The maximum Gasteiger partial charge on any atom is 0.114 e. The Bertz CT molecular complexity index is 177. The third-order valence-electron chi connectivity index (χ3n) is 2.69. The molecule has 1 fully saturated rings. The van der Waals surface area contributed by atoms with Crippen LogP contribution in [0.15, 0.2) is 12.2 Å². The van der Waals surface area contributed by atoms with E-state index in [4.69, 9.17) is 4.74 Å². The number of rotatable bonds is 7. The topological polar surface area (TPSA) is 32.8 Å². The maximum atomic E-state index is 9.55. The highest BCUT2D eigenvalue weighted by Gasteiger charge is 2.42. The van der Waals surface area contributed by atoms with E-state index in [2.05, 4.69) is 6.92 Å². The van der Waals surface area contributed by atoms with E-state index in [9.17, 15) is 5.11 Å². The third kappa shape index (κ3) is 3.81. The molecule has 14 heavy (non-hydrogen) atoms. The molecule has 1 heterocycles. The Labute approximate surface area is 87.0 Å². The number of hydrogen-bond acceptors (Lipinski definition) is 2. The van der Waals surface area contributed by atoms with Crippen molar-refractivity contribution in [3.63, 3.8) is 0 Å². The Kier molecular flexibility index (Phi) is 5.20. The molecule has 0 aromatic rings. The molecule has 2 nitrogen and oxygen atoms in total. The Balaban J connectivity index is 2.02. The van der Waals surface area contributed by atoms with Crippen LogP contribution >= 0.6 is 0 Å². The first-order valence-corrected chi connectivity index (χ1v) is 5.76. The van der Waals surface area contributed by atoms with Crippen molar-refractivity contribution in [3.8, 4) is 0 Å². The minimum atomic E-state index is -0.392. The molecular weight excluding hydrogens is 176 g/mol. The fraction of sp³-hybridized carbons (Fsp3) is 0.833. The number of allylic oxidation sites excluding steroid dienone is 1. The Hall–Kier alpha value is -0.340. The van der Waals surface area contributed by atoms with Gasteiger partial charge in [0.1, 0.15) is 12.2 Å². The zero-order valence-electron chi connectivity index (χ0n) is 9.28. The van der Waals surface area contributed by atoms with E-state index in [1.807, 2.05) is 13.0 Å². The fourth-order valence-corrected chi connectivity index (χ4v) is 1.77. The summed E-state index contributed by atoms with van der Waals surface area (Å²) in [6.07, 6.45) is 9.91. The lowest BCUT2D eigenvalue weighted by Crippen LogP contribution is -2.13. The van der Waals surface area contributed by atoms with Gasteiger partial charge in [-0.15, -0.1) is 0 Å². The first kappa shape index (κ1) is 11.7. The van der Waals surface area contributed by atoms with E-state index >= 15 is 0 Å². The van der Waals surface area contributed by atoms with Crippen LogP contribution in [0.5, 0.6) is 0 Å². The zero-order valence-corrected chi connectivity index (χ0v) is 9.28. The summed E-state index contributed by atoms with van der Waals surface area (Å²) in [5, 5.41) is 9.55. The molecular formula is C12H22O2. The summed E-state index contributed by atoms with van der Waals surface area (Å²) in [7, 11) is 0. The molecule has 1 N–H and O–H groups in total. The Morgan fingerprint density at radius 2 is 2.14 bits per heavy atom. The molecule has 0 radical (unpaired) electrons. The summed E-state index contributed by atoms with van der Waals surface area (Å²) in [6, 6.07) is 0. The molecule has 1 aliphatic rings. The number of epoxide rings is 1. The fourth-order valence-electron chi connectivity index (χ4n) is 1.77. The molecule has 0 aliphatic carbocycles. The molecule has 82 valence electrons. The van der Waals surface area contributed by atoms with Gasteiger partial charge in [-0.3, -0.25) is 0 Å². The van der Waals surface area contributed by atoms with E-state index in [1.54, 1.807) is 6.08 Å². The van der Waals surface area contributed by atoms with Crippen molar-refractivity contribution >= 4 is 0 Å². The first-order chi connectivity index (χ1) is 6.79. The number of ether oxygens (including phenoxy) is 1. The second kappa shape index (κ2) is 6.20. The van der Waals surface area contributed by atoms with Gasteiger partial charge in [-0.05, 0) is 13.3 Å². The molecule has 0 aromatic carbocycles. The molecule has 0 bridgehead atoms. The summed E-state index contributed by atoms with van der Waals surface area (Å²) in [5.41, 5.74) is 0. The van der Waals surface area contributed by atoms with E-state index in [0.717, 1.165) is 6.42 Å². The molecule has 0 saturated carbocycles. The van der Waals surface area contributed by atoms with Gasteiger partial charge in [0.05, 0.1) is 6.10 Å². The molecule has 0 spiro atoms. The molecule has 1 aliphatic heterocycles. The highest BCUT2D eigenvalue weighted by molar-refractivity contribution is 5.00. The number of unbranched alkanes of at least 4 members (excludes halogenated alkanes) is 3. The second-order valence-electron chi connectivity index (χ2n) is 4.00. The summed E-state index contributed by atoms with van der Waals surface area (Å²) in [5.74, 6) is 0. The van der Waals surface area contributed by atoms with E-state index < -0.39 is 6.10 Å². The minimum Gasteiger partial charge on any atom is -0.386 e. The van der Waals surface area contributed by atoms with Gasteiger partial charge in [-0.2, -0.15) is 0 Å². The Morgan fingerprint density at radius 3 is 2.79 bits per heavy atom. The number of aliphatic hydroxyl groups is 1. The predicted octanol–water partition coefficient (Wildman–Crippen LogP) is 2.66. The van der Waals surface area contributed by atoms with Crippen molar-refractivity contribution in [2.75, 3.05) is 0 Å². The lowest BCUT2D eigenvalue weighted by atomic mass is 10.1. The summed E-state index contributed by atoms with van der Waals surface area (Å²) in [6.45, 7) is 4.13. The van der Waals surface area contributed by atoms with Crippen LogP contribution in [0.25, 0.3) is 0 Å². The summed E-state index contributed by atoms with van der Waals surface area (Å²) in [4.78, 5) is 0. The molecule has 1 rings (SSSR count). The van der Waals surface area contributed by atoms with Gasteiger partial charge in [-0.25, -0.2) is 0 Å². The molecule has 1 saturated heterocycles. The average molecular weight is 198 g/mol. The molecule has 0 aromatic heterocycles. The number of aliphatic hydroxyl groups excluding tert-OH is 1. The SMILES string of the molecule is C/C=C/[C@H](O)[C@@H]1O[C@H]1CCCCCC. The van der Waals surface area contributed by atoms with Crippen LogP contribution < -0.4 is 0 Å². The van der Waals surface area contributed by atoms with Crippen LogP contribution in [-0.2, 0) is 4.74 Å². The molecule has 3 atom stereocenters. The van der Waals surface area contributed by atoms with E-state index in [1.165, 1.54) is 25.7 Å². The van der Waals surface area contributed by atoms with Gasteiger partial charge in [0.15, 0.2) is 0 Å². The van der Waals surface area contributed by atoms with Gasteiger partial charge in [0.2, 0.25) is 0 Å². The highest BCUT2D eigenvalue weighted by atomic mass is 16.6. The van der Waals surface area contributed by atoms with Crippen LogP contribution in [0.1, 0.15) is 46.0 Å². The van der Waals surface area contributed by atoms with Crippen molar-refractivity contribution in [2.45, 2.75) is 64.3 Å². The predicted molar refractivity (Wildman–Crippen MR) is 58.2 cm³/mol. The standard InChI is InChI=1S/C12H22O2/c1-3-5-6-7-9-11-12(14-11)10(13)8-4-2/h4,8,10-13H,3,5-7,9H2,1-2H3/b8-4+/t10-,11-,12-/m0/s1. The molecule has 0 amide bonds. The third-order valence-corrected chi connectivity index (χ3v) is 2.69. The molecule has 0 unspecified atom stereocenters. The number of hydrogen-bond donors (Lipinski definition) is 1. The van der Waals surface area contributed by atoms with Gasteiger partial charge >= 0.3 is 0 Å². The van der Waals surface area contributed by atoms with Crippen molar-refractivity contribution in [3.05, 3.63) is 12.2 Å². The first-order valence-electron chi connectivity index (χ1n) is 5.76. The van der Waals surface area contributed by atoms with Gasteiger partial charge in [-0.1, -0.05) is 44.8 Å². The van der Waals surface area contributed by atoms with Gasteiger partial charge < -0.3 is 9.84 Å². The quantitative estimate of drug-likeness (QED) is 0.387. The van der Waals surface area contributed by atoms with Crippen molar-refractivity contribution in [1.29, 1.82) is 0 Å². The monoisotopic (exact) mass is 198 g/mol. The molecule has 2 heteroatoms. The second-order valence-corrected chi connectivity index (χ2v) is 4.00. The normalized spacial score (nSPS) is 28.2. The minimum absolute atomic E-state index is 0.0767. The smallest absolute Gasteiger partial charge is 0.114 e. The lowest BCUT2D eigenvalue weighted by molar-refractivity contribution is 0.177. The van der Waals surface area contributed by atoms with Crippen LogP contribution in [0.4, 0.5) is 0 Å². The van der Waals surface area contributed by atoms with Crippen molar-refractivity contribution < 1.29 is 9.84 Å². The zero-order chi connectivity index (χ0) is 10.4. The van der Waals surface area contributed by atoms with Gasteiger partial charge in [0, 0.05) is 0 Å². The van der Waals surface area contributed by atoms with Crippen LogP contribution in [0.3, 0.4) is 0 Å². The lowest BCUT2D eigenvalue weighted by Gasteiger charge is -1.99. The van der Waals surface area contributed by atoms with E-state index in [-0.39, 0.29) is 6.10 Å². The largest absolute Gasteiger partial charge is 0.386 e. The summed E-state index contributed by atoms with van der Waals surface area (Å²) >= 11 is 0. The highest BCUT2D eigenvalue weighted by Crippen LogP contribution is 2.30. The Morgan fingerprint density at radius 1 is 1.36 bits per heavy atom.